The van der Waals surface area contributed by atoms with Crippen molar-refractivity contribution in [1.82, 2.24) is 4.72 Å². The molecule has 2 atom stereocenters. The van der Waals surface area contributed by atoms with Crippen molar-refractivity contribution in [2.24, 2.45) is 11.7 Å². The van der Waals surface area contributed by atoms with E-state index in [-0.39, 0.29) is 21.9 Å². The molecule has 2 unspecified atom stereocenters. The van der Waals surface area contributed by atoms with Gasteiger partial charge in [0.2, 0.25) is 10.0 Å². The topological polar surface area (TPSA) is 72.2 Å². The molecular formula is C13H18BrClN2O2S. The van der Waals surface area contributed by atoms with Crippen LogP contribution in [0.1, 0.15) is 25.7 Å². The normalized spacial score (nSPS) is 23.8. The van der Waals surface area contributed by atoms with Crippen molar-refractivity contribution in [3.05, 3.63) is 27.7 Å². The lowest BCUT2D eigenvalue weighted by atomic mass is 9.85. The summed E-state index contributed by atoms with van der Waals surface area (Å²) in [6.45, 7) is 0.499. The Morgan fingerprint density at radius 3 is 2.75 bits per heavy atom. The lowest BCUT2D eigenvalue weighted by Gasteiger charge is -2.31. The van der Waals surface area contributed by atoms with Gasteiger partial charge >= 0.3 is 0 Å². The smallest absolute Gasteiger partial charge is 0.242 e. The van der Waals surface area contributed by atoms with Gasteiger partial charge in [0.05, 0.1) is 5.02 Å². The summed E-state index contributed by atoms with van der Waals surface area (Å²) in [5.41, 5.74) is 5.74. The Hall–Kier alpha value is -0.140. The van der Waals surface area contributed by atoms with Crippen molar-refractivity contribution < 1.29 is 8.42 Å². The fraction of sp³-hybridized carbons (Fsp3) is 0.538. The number of nitrogens with two attached hydrogens (primary N) is 1. The van der Waals surface area contributed by atoms with Crippen LogP contribution < -0.4 is 10.5 Å². The minimum absolute atomic E-state index is 0.103. The maximum atomic E-state index is 12.5. The number of halogens is 2. The SMILES string of the molecule is NCC1CCCCC1NS(=O)(=O)c1cccc(Br)c1Cl. The quantitative estimate of drug-likeness (QED) is 0.842. The van der Waals surface area contributed by atoms with Crippen LogP contribution in [0.25, 0.3) is 0 Å². The summed E-state index contributed by atoms with van der Waals surface area (Å²) in [6, 6.07) is 4.78. The summed E-state index contributed by atoms with van der Waals surface area (Å²) in [4.78, 5) is 0.106. The van der Waals surface area contributed by atoms with Crippen LogP contribution in [0.15, 0.2) is 27.6 Å². The molecule has 0 heterocycles. The molecule has 112 valence electrons. The summed E-state index contributed by atoms with van der Waals surface area (Å²) in [5.74, 6) is 0.199. The van der Waals surface area contributed by atoms with Gasteiger partial charge in [-0.2, -0.15) is 0 Å². The molecule has 7 heteroatoms. The summed E-state index contributed by atoms with van der Waals surface area (Å²) in [7, 11) is -3.62. The molecule has 0 amide bonds. The first-order valence-corrected chi connectivity index (χ1v) is 9.27. The van der Waals surface area contributed by atoms with E-state index in [1.807, 2.05) is 0 Å². The second kappa shape index (κ2) is 6.75. The molecular weight excluding hydrogens is 364 g/mol. The highest BCUT2D eigenvalue weighted by Crippen LogP contribution is 2.31. The van der Waals surface area contributed by atoms with Crippen LogP contribution in [0.5, 0.6) is 0 Å². The van der Waals surface area contributed by atoms with Gasteiger partial charge in [-0.05, 0) is 53.4 Å². The number of sulfonamides is 1. The lowest BCUT2D eigenvalue weighted by molar-refractivity contribution is 0.296. The van der Waals surface area contributed by atoms with E-state index in [9.17, 15) is 8.42 Å². The van der Waals surface area contributed by atoms with Crippen LogP contribution in [0.2, 0.25) is 5.02 Å². The van der Waals surface area contributed by atoms with E-state index < -0.39 is 10.0 Å². The molecule has 1 aromatic carbocycles. The van der Waals surface area contributed by atoms with Crippen molar-refractivity contribution in [3.8, 4) is 0 Å². The maximum Gasteiger partial charge on any atom is 0.242 e. The minimum atomic E-state index is -3.62. The molecule has 1 aromatic rings. The number of rotatable bonds is 4. The highest BCUT2D eigenvalue weighted by atomic mass is 79.9. The Labute approximate surface area is 133 Å². The highest BCUT2D eigenvalue weighted by Gasteiger charge is 2.29. The van der Waals surface area contributed by atoms with Gasteiger partial charge < -0.3 is 5.73 Å². The van der Waals surface area contributed by atoms with E-state index >= 15 is 0 Å². The first kappa shape index (κ1) is 16.2. The Morgan fingerprint density at radius 2 is 2.05 bits per heavy atom. The van der Waals surface area contributed by atoms with Gasteiger partial charge in [0, 0.05) is 10.5 Å². The van der Waals surface area contributed by atoms with Crippen molar-refractivity contribution >= 4 is 37.6 Å². The molecule has 1 aliphatic carbocycles. The Morgan fingerprint density at radius 1 is 1.35 bits per heavy atom. The van der Waals surface area contributed by atoms with Gasteiger partial charge in [0.15, 0.2) is 0 Å². The molecule has 3 N–H and O–H groups in total. The monoisotopic (exact) mass is 380 g/mol. The largest absolute Gasteiger partial charge is 0.330 e. The zero-order chi connectivity index (χ0) is 14.8. The first-order chi connectivity index (χ1) is 9.45. The molecule has 1 fully saturated rings. The number of hydrogen-bond acceptors (Lipinski definition) is 3. The second-order valence-corrected chi connectivity index (χ2v) is 7.97. The number of nitrogens with one attached hydrogen (secondary N) is 1. The first-order valence-electron chi connectivity index (χ1n) is 6.62. The predicted octanol–water partition coefficient (Wildman–Crippen LogP) is 2.90. The average molecular weight is 382 g/mol. The third-order valence-corrected chi connectivity index (χ3v) is 6.66. The molecule has 20 heavy (non-hydrogen) atoms. The molecule has 0 aromatic heterocycles. The van der Waals surface area contributed by atoms with E-state index in [1.54, 1.807) is 12.1 Å². The molecule has 0 bridgehead atoms. The van der Waals surface area contributed by atoms with Crippen LogP contribution in [0.3, 0.4) is 0 Å². The summed E-state index contributed by atoms with van der Waals surface area (Å²) in [5, 5.41) is 0.208. The fourth-order valence-corrected chi connectivity index (χ4v) is 4.97. The maximum absolute atomic E-state index is 12.5. The second-order valence-electron chi connectivity index (χ2n) is 5.06. The zero-order valence-corrected chi connectivity index (χ0v) is 14.1. The number of benzene rings is 1. The van der Waals surface area contributed by atoms with E-state index in [0.717, 1.165) is 25.7 Å². The third-order valence-electron chi connectivity index (χ3n) is 3.72. The van der Waals surface area contributed by atoms with E-state index in [1.165, 1.54) is 6.07 Å². The molecule has 0 saturated heterocycles. The van der Waals surface area contributed by atoms with Gasteiger partial charge in [-0.15, -0.1) is 0 Å². The molecule has 1 aliphatic rings. The van der Waals surface area contributed by atoms with Crippen LogP contribution in [0.4, 0.5) is 0 Å². The van der Waals surface area contributed by atoms with Crippen molar-refractivity contribution in [2.75, 3.05) is 6.54 Å². The van der Waals surface area contributed by atoms with E-state index in [0.29, 0.717) is 11.0 Å². The zero-order valence-electron chi connectivity index (χ0n) is 11.0. The molecule has 0 spiro atoms. The van der Waals surface area contributed by atoms with Crippen LogP contribution in [-0.2, 0) is 10.0 Å². The van der Waals surface area contributed by atoms with Crippen molar-refractivity contribution in [2.45, 2.75) is 36.6 Å². The molecule has 0 radical (unpaired) electrons. The van der Waals surface area contributed by atoms with E-state index in [2.05, 4.69) is 20.7 Å². The Kier molecular flexibility index (Phi) is 5.48. The van der Waals surface area contributed by atoms with E-state index in [4.69, 9.17) is 17.3 Å². The highest BCUT2D eigenvalue weighted by molar-refractivity contribution is 9.10. The van der Waals surface area contributed by atoms with Gasteiger partial charge in [0.25, 0.3) is 0 Å². The summed E-state index contributed by atoms with van der Waals surface area (Å²) in [6.07, 6.45) is 3.93. The molecule has 1 saturated carbocycles. The summed E-state index contributed by atoms with van der Waals surface area (Å²) < 4.78 is 28.3. The lowest BCUT2D eigenvalue weighted by Crippen LogP contribution is -2.44. The van der Waals surface area contributed by atoms with Crippen LogP contribution in [-0.4, -0.2) is 21.0 Å². The minimum Gasteiger partial charge on any atom is -0.330 e. The Bertz CT molecular complexity index is 580. The van der Waals surface area contributed by atoms with Gasteiger partial charge in [-0.1, -0.05) is 30.5 Å². The molecule has 4 nitrogen and oxygen atoms in total. The molecule has 0 aliphatic heterocycles. The third kappa shape index (κ3) is 3.54. The average Bonchev–Trinajstić information content (AvgIpc) is 2.42. The van der Waals surface area contributed by atoms with Gasteiger partial charge in [0.1, 0.15) is 4.90 Å². The fourth-order valence-electron chi connectivity index (χ4n) is 2.60. The predicted molar refractivity (Wildman–Crippen MR) is 84.3 cm³/mol. The van der Waals surface area contributed by atoms with Gasteiger partial charge in [-0.25, -0.2) is 13.1 Å². The van der Waals surface area contributed by atoms with Gasteiger partial charge in [-0.3, -0.25) is 0 Å². The van der Waals surface area contributed by atoms with Crippen molar-refractivity contribution in [3.63, 3.8) is 0 Å². The standard InChI is InChI=1S/C13H18BrClN2O2S/c14-10-5-3-7-12(13(10)15)20(18,19)17-11-6-2-1-4-9(11)8-16/h3,5,7,9,11,17H,1-2,4,6,8,16H2. The van der Waals surface area contributed by atoms with Crippen LogP contribution in [0, 0.1) is 5.92 Å². The van der Waals surface area contributed by atoms with Crippen molar-refractivity contribution in [1.29, 1.82) is 0 Å². The Balaban J connectivity index is 2.24. The van der Waals surface area contributed by atoms with Crippen LogP contribution >= 0.6 is 27.5 Å². The summed E-state index contributed by atoms with van der Waals surface area (Å²) >= 11 is 9.32. The molecule has 2 rings (SSSR count). The number of hydrogen-bond donors (Lipinski definition) is 2.